The maximum absolute atomic E-state index is 9.01. The molecule has 14 heavy (non-hydrogen) atoms. The molecule has 2 heteroatoms. The summed E-state index contributed by atoms with van der Waals surface area (Å²) >= 11 is 0. The average Bonchev–Trinajstić information content (AvgIpc) is 2.21. The zero-order valence-electron chi connectivity index (χ0n) is 8.04. The Morgan fingerprint density at radius 1 is 1.43 bits per heavy atom. The van der Waals surface area contributed by atoms with Gasteiger partial charge in [0.2, 0.25) is 0 Å². The van der Waals surface area contributed by atoms with Crippen LogP contribution in [0.2, 0.25) is 0 Å². The molecule has 0 aromatic heterocycles. The van der Waals surface area contributed by atoms with E-state index >= 15 is 0 Å². The first-order chi connectivity index (χ1) is 6.79. The summed E-state index contributed by atoms with van der Waals surface area (Å²) in [6.45, 7) is 1.95. The number of aliphatic hydroxyl groups is 1. The summed E-state index contributed by atoms with van der Waals surface area (Å²) in [5.41, 5.74) is 2.75. The second kappa shape index (κ2) is 5.07. The fourth-order valence-electron chi connectivity index (χ4n) is 1.17. The van der Waals surface area contributed by atoms with Gasteiger partial charge in [0.15, 0.2) is 0 Å². The van der Waals surface area contributed by atoms with Gasteiger partial charge in [-0.05, 0) is 24.1 Å². The van der Waals surface area contributed by atoms with Gasteiger partial charge in [0.25, 0.3) is 0 Å². The molecular weight excluding hydrogens is 174 g/mol. The summed E-state index contributed by atoms with van der Waals surface area (Å²) in [4.78, 5) is 0. The Balaban J connectivity index is 3.01. The van der Waals surface area contributed by atoms with Crippen molar-refractivity contribution in [3.05, 3.63) is 34.9 Å². The van der Waals surface area contributed by atoms with E-state index in [0.717, 1.165) is 16.7 Å². The molecule has 0 saturated heterocycles. The number of hydrogen-bond donors (Lipinski definition) is 1. The molecule has 0 aliphatic carbocycles. The summed E-state index contributed by atoms with van der Waals surface area (Å²) in [7, 11) is 0. The van der Waals surface area contributed by atoms with E-state index in [2.05, 4.69) is 11.8 Å². The first-order valence-electron chi connectivity index (χ1n) is 4.34. The summed E-state index contributed by atoms with van der Waals surface area (Å²) in [6.07, 6.45) is 0.239. The fraction of sp³-hybridized carbons (Fsp3) is 0.250. The highest BCUT2D eigenvalue weighted by molar-refractivity contribution is 5.44. The Hall–Kier alpha value is -1.77. The lowest BCUT2D eigenvalue weighted by Gasteiger charge is -2.03. The van der Waals surface area contributed by atoms with E-state index in [4.69, 9.17) is 10.4 Å². The van der Waals surface area contributed by atoms with Gasteiger partial charge >= 0.3 is 0 Å². The number of aliphatic hydroxyl groups excluding tert-OH is 1. The van der Waals surface area contributed by atoms with Crippen LogP contribution in [-0.2, 0) is 6.61 Å². The van der Waals surface area contributed by atoms with Crippen molar-refractivity contribution in [2.75, 3.05) is 0 Å². The molecule has 0 amide bonds. The van der Waals surface area contributed by atoms with E-state index < -0.39 is 0 Å². The summed E-state index contributed by atoms with van der Waals surface area (Å²) in [5.74, 6) is 5.66. The third-order valence-corrected chi connectivity index (χ3v) is 2.01. The van der Waals surface area contributed by atoms with Crippen LogP contribution in [0.5, 0.6) is 0 Å². The van der Waals surface area contributed by atoms with Gasteiger partial charge in [0.1, 0.15) is 0 Å². The molecule has 0 atom stereocenters. The van der Waals surface area contributed by atoms with Crippen molar-refractivity contribution in [2.45, 2.75) is 20.0 Å². The largest absolute Gasteiger partial charge is 0.392 e. The number of rotatable bonds is 1. The summed E-state index contributed by atoms with van der Waals surface area (Å²) < 4.78 is 0. The Bertz CT molecular complexity index is 418. The highest BCUT2D eigenvalue weighted by atomic mass is 16.3. The van der Waals surface area contributed by atoms with Crippen molar-refractivity contribution < 1.29 is 5.11 Å². The Morgan fingerprint density at radius 2 is 2.21 bits per heavy atom. The third-order valence-electron chi connectivity index (χ3n) is 2.01. The molecule has 0 aliphatic rings. The lowest BCUT2D eigenvalue weighted by atomic mass is 10.0. The van der Waals surface area contributed by atoms with Gasteiger partial charge in [0, 0.05) is 5.56 Å². The van der Waals surface area contributed by atoms with Gasteiger partial charge in [-0.1, -0.05) is 24.0 Å². The van der Waals surface area contributed by atoms with Crippen LogP contribution in [0.25, 0.3) is 0 Å². The SMILES string of the molecule is Cc1c(C#CCC#N)cccc1CO. The lowest BCUT2D eigenvalue weighted by molar-refractivity contribution is 0.281. The van der Waals surface area contributed by atoms with Crippen molar-refractivity contribution in [3.63, 3.8) is 0 Å². The first-order valence-corrected chi connectivity index (χ1v) is 4.34. The molecule has 0 heterocycles. The van der Waals surface area contributed by atoms with Crippen LogP contribution in [-0.4, -0.2) is 5.11 Å². The molecule has 2 nitrogen and oxygen atoms in total. The van der Waals surface area contributed by atoms with Gasteiger partial charge in [-0.2, -0.15) is 5.26 Å². The van der Waals surface area contributed by atoms with E-state index in [9.17, 15) is 0 Å². The van der Waals surface area contributed by atoms with E-state index in [-0.39, 0.29) is 13.0 Å². The maximum Gasteiger partial charge on any atom is 0.0966 e. The standard InChI is InChI=1S/C12H11NO/c1-10-11(5-2-3-8-13)6-4-7-12(10)9-14/h4,6-7,14H,3,9H2,1H3. The van der Waals surface area contributed by atoms with Gasteiger partial charge < -0.3 is 5.11 Å². The predicted molar refractivity (Wildman–Crippen MR) is 54.2 cm³/mol. The minimum atomic E-state index is 0.0274. The number of hydrogen-bond acceptors (Lipinski definition) is 2. The third kappa shape index (κ3) is 2.36. The van der Waals surface area contributed by atoms with Gasteiger partial charge in [0.05, 0.1) is 19.1 Å². The Morgan fingerprint density at radius 3 is 2.86 bits per heavy atom. The minimum absolute atomic E-state index is 0.0274. The van der Waals surface area contributed by atoms with Crippen LogP contribution in [0, 0.1) is 30.1 Å². The van der Waals surface area contributed by atoms with Crippen molar-refractivity contribution in [3.8, 4) is 17.9 Å². The number of nitrogens with zero attached hydrogens (tertiary/aromatic N) is 1. The van der Waals surface area contributed by atoms with Crippen molar-refractivity contribution in [2.24, 2.45) is 0 Å². The monoisotopic (exact) mass is 185 g/mol. The van der Waals surface area contributed by atoms with Crippen molar-refractivity contribution in [1.82, 2.24) is 0 Å². The van der Waals surface area contributed by atoms with E-state index in [1.54, 1.807) is 0 Å². The molecule has 0 saturated carbocycles. The average molecular weight is 185 g/mol. The molecule has 70 valence electrons. The molecular formula is C12H11NO. The predicted octanol–water partition coefficient (Wildman–Crippen LogP) is 1.75. The summed E-state index contributed by atoms with van der Waals surface area (Å²) in [6, 6.07) is 7.57. The first kappa shape index (κ1) is 10.3. The number of benzene rings is 1. The molecule has 0 bridgehead atoms. The number of nitriles is 1. The normalized spacial score (nSPS) is 8.64. The maximum atomic E-state index is 9.01. The van der Waals surface area contributed by atoms with E-state index in [1.165, 1.54) is 0 Å². The van der Waals surface area contributed by atoms with E-state index in [0.29, 0.717) is 0 Å². The minimum Gasteiger partial charge on any atom is -0.392 e. The molecule has 1 N–H and O–H groups in total. The van der Waals surface area contributed by atoms with Crippen LogP contribution in [0.3, 0.4) is 0 Å². The van der Waals surface area contributed by atoms with Gasteiger partial charge in [-0.25, -0.2) is 0 Å². The van der Waals surface area contributed by atoms with E-state index in [1.807, 2.05) is 31.2 Å². The lowest BCUT2D eigenvalue weighted by Crippen LogP contribution is -1.91. The van der Waals surface area contributed by atoms with Gasteiger partial charge in [-0.15, -0.1) is 0 Å². The molecule has 0 radical (unpaired) electrons. The molecule has 0 spiro atoms. The summed E-state index contributed by atoms with van der Waals surface area (Å²) in [5, 5.41) is 17.3. The second-order valence-electron chi connectivity index (χ2n) is 2.88. The topological polar surface area (TPSA) is 44.0 Å². The highest BCUT2D eigenvalue weighted by Gasteiger charge is 1.99. The quantitative estimate of drug-likeness (QED) is 0.677. The second-order valence-corrected chi connectivity index (χ2v) is 2.88. The zero-order valence-corrected chi connectivity index (χ0v) is 8.04. The molecule has 1 aromatic carbocycles. The van der Waals surface area contributed by atoms with Crippen LogP contribution < -0.4 is 0 Å². The van der Waals surface area contributed by atoms with Crippen molar-refractivity contribution in [1.29, 1.82) is 5.26 Å². The van der Waals surface area contributed by atoms with Gasteiger partial charge in [-0.3, -0.25) is 0 Å². The molecule has 1 rings (SSSR count). The van der Waals surface area contributed by atoms with Crippen molar-refractivity contribution >= 4 is 0 Å². The van der Waals surface area contributed by atoms with Crippen LogP contribution in [0.15, 0.2) is 18.2 Å². The van der Waals surface area contributed by atoms with Crippen LogP contribution >= 0.6 is 0 Å². The zero-order chi connectivity index (χ0) is 10.4. The van der Waals surface area contributed by atoms with Crippen LogP contribution in [0.4, 0.5) is 0 Å². The smallest absolute Gasteiger partial charge is 0.0966 e. The fourth-order valence-corrected chi connectivity index (χ4v) is 1.17. The molecule has 0 aliphatic heterocycles. The Labute approximate surface area is 83.8 Å². The Kier molecular flexibility index (Phi) is 3.73. The highest BCUT2D eigenvalue weighted by Crippen LogP contribution is 2.12. The molecule has 1 aromatic rings. The molecule has 0 fully saturated rings. The molecule has 0 unspecified atom stereocenters. The van der Waals surface area contributed by atoms with Crippen LogP contribution in [0.1, 0.15) is 23.1 Å².